The highest BCUT2D eigenvalue weighted by Crippen LogP contribution is 2.37. The maximum Gasteiger partial charge on any atom is 0.338 e. The van der Waals surface area contributed by atoms with Crippen molar-refractivity contribution in [3.8, 4) is 5.75 Å². The van der Waals surface area contributed by atoms with Crippen molar-refractivity contribution in [3.63, 3.8) is 0 Å². The molecular formula is C20H28O5Si. The minimum Gasteiger partial charge on any atom is -0.543 e. The lowest BCUT2D eigenvalue weighted by Gasteiger charge is -2.36. The lowest BCUT2D eigenvalue weighted by atomic mass is 10.1. The smallest absolute Gasteiger partial charge is 0.338 e. The number of esters is 2. The molecule has 0 aromatic heterocycles. The van der Waals surface area contributed by atoms with Gasteiger partial charge in [0.1, 0.15) is 5.75 Å². The standard InChI is InChI=1S/C20H28O5Si/c1-20(2,3)26(6,7)25-16-11-8-10-15(14-16)17(19(22)24-5)12-9-13-18(21)23-4/h8-14H,1-7H3/b13-9-,17-12+. The van der Waals surface area contributed by atoms with Crippen LogP contribution in [0.4, 0.5) is 0 Å². The fraction of sp³-hybridized carbons (Fsp3) is 0.400. The van der Waals surface area contributed by atoms with Crippen molar-refractivity contribution in [1.82, 2.24) is 0 Å². The first kappa shape index (κ1) is 21.7. The predicted octanol–water partition coefficient (Wildman–Crippen LogP) is 4.36. The molecule has 0 saturated heterocycles. The van der Waals surface area contributed by atoms with Crippen molar-refractivity contribution in [2.75, 3.05) is 14.2 Å². The molecule has 5 nitrogen and oxygen atoms in total. The molecule has 0 aliphatic heterocycles. The van der Waals surface area contributed by atoms with Gasteiger partial charge in [0.2, 0.25) is 8.32 Å². The number of methoxy groups -OCH3 is 2. The zero-order chi connectivity index (χ0) is 20.0. The summed E-state index contributed by atoms with van der Waals surface area (Å²) >= 11 is 0. The van der Waals surface area contributed by atoms with Gasteiger partial charge < -0.3 is 13.9 Å². The number of carbonyl (C=O) groups excluding carboxylic acids is 2. The molecule has 0 aliphatic rings. The Morgan fingerprint density at radius 3 is 2.27 bits per heavy atom. The Morgan fingerprint density at radius 2 is 1.73 bits per heavy atom. The minimum atomic E-state index is -1.99. The van der Waals surface area contributed by atoms with Gasteiger partial charge in [-0.05, 0) is 41.9 Å². The van der Waals surface area contributed by atoms with Crippen molar-refractivity contribution in [2.24, 2.45) is 0 Å². The topological polar surface area (TPSA) is 61.8 Å². The molecule has 0 radical (unpaired) electrons. The lowest BCUT2D eigenvalue weighted by molar-refractivity contribution is -0.135. The predicted molar refractivity (Wildman–Crippen MR) is 105 cm³/mol. The third kappa shape index (κ3) is 5.88. The maximum absolute atomic E-state index is 12.1. The molecule has 26 heavy (non-hydrogen) atoms. The van der Waals surface area contributed by atoms with Crippen LogP contribution >= 0.6 is 0 Å². The van der Waals surface area contributed by atoms with Crippen molar-refractivity contribution in [2.45, 2.75) is 38.9 Å². The number of hydrogen-bond acceptors (Lipinski definition) is 5. The zero-order valence-corrected chi connectivity index (χ0v) is 17.6. The molecule has 1 rings (SSSR count). The summed E-state index contributed by atoms with van der Waals surface area (Å²) in [5, 5.41) is 0.0628. The Balaban J connectivity index is 3.21. The highest BCUT2D eigenvalue weighted by molar-refractivity contribution is 6.74. The molecule has 142 valence electrons. The molecule has 6 heteroatoms. The Kier molecular flexibility index (Phi) is 7.38. The van der Waals surface area contributed by atoms with Crippen LogP contribution in [-0.4, -0.2) is 34.5 Å². The highest BCUT2D eigenvalue weighted by Gasteiger charge is 2.39. The van der Waals surface area contributed by atoms with Crippen LogP contribution in [0.1, 0.15) is 26.3 Å². The van der Waals surface area contributed by atoms with E-state index in [2.05, 4.69) is 38.6 Å². The second kappa shape index (κ2) is 8.85. The van der Waals surface area contributed by atoms with Gasteiger partial charge in [-0.1, -0.05) is 39.0 Å². The summed E-state index contributed by atoms with van der Waals surface area (Å²) in [4.78, 5) is 23.3. The Morgan fingerprint density at radius 1 is 1.08 bits per heavy atom. The van der Waals surface area contributed by atoms with Crippen LogP contribution in [0.3, 0.4) is 0 Å². The molecule has 0 spiro atoms. The molecule has 0 heterocycles. The van der Waals surface area contributed by atoms with Gasteiger partial charge in [0.15, 0.2) is 0 Å². The second-order valence-electron chi connectivity index (χ2n) is 7.34. The summed E-state index contributed by atoms with van der Waals surface area (Å²) in [7, 11) is 0.612. The van der Waals surface area contributed by atoms with Crippen molar-refractivity contribution < 1.29 is 23.5 Å². The summed E-state index contributed by atoms with van der Waals surface area (Å²) < 4.78 is 15.7. The van der Waals surface area contributed by atoms with E-state index in [1.54, 1.807) is 6.07 Å². The summed E-state index contributed by atoms with van der Waals surface area (Å²) in [6.07, 6.45) is 4.21. The Bertz CT molecular complexity index is 711. The first-order valence-electron chi connectivity index (χ1n) is 8.36. The third-order valence-electron chi connectivity index (χ3n) is 4.43. The summed E-state index contributed by atoms with van der Waals surface area (Å²) in [5.74, 6) is -0.287. The second-order valence-corrected chi connectivity index (χ2v) is 12.1. The molecule has 1 aromatic rings. The largest absolute Gasteiger partial charge is 0.543 e. The molecular weight excluding hydrogens is 348 g/mol. The van der Waals surface area contributed by atoms with Crippen LogP contribution in [0, 0.1) is 0 Å². The molecule has 0 N–H and O–H groups in total. The number of benzene rings is 1. The van der Waals surface area contributed by atoms with Gasteiger partial charge in [0.25, 0.3) is 0 Å². The number of carbonyl (C=O) groups is 2. The average molecular weight is 377 g/mol. The van der Waals surface area contributed by atoms with Gasteiger partial charge in [-0.25, -0.2) is 9.59 Å². The monoisotopic (exact) mass is 376 g/mol. The van der Waals surface area contributed by atoms with E-state index < -0.39 is 20.3 Å². The molecule has 0 aliphatic carbocycles. The normalized spacial score (nSPS) is 12.8. The van der Waals surface area contributed by atoms with Crippen LogP contribution in [0.15, 0.2) is 42.5 Å². The lowest BCUT2D eigenvalue weighted by Crippen LogP contribution is -2.43. The molecule has 0 unspecified atom stereocenters. The van der Waals surface area contributed by atoms with Gasteiger partial charge in [0.05, 0.1) is 19.8 Å². The van der Waals surface area contributed by atoms with Gasteiger partial charge in [-0.15, -0.1) is 0 Å². The van der Waals surface area contributed by atoms with E-state index >= 15 is 0 Å². The van der Waals surface area contributed by atoms with E-state index in [4.69, 9.17) is 9.16 Å². The SMILES string of the molecule is COC(=O)/C=C\C=C(\C(=O)OC)c1cccc(O[Si](C)(C)C(C)(C)C)c1. The van der Waals surface area contributed by atoms with E-state index in [1.807, 2.05) is 18.2 Å². The van der Waals surface area contributed by atoms with Crippen molar-refractivity contribution in [3.05, 3.63) is 48.1 Å². The number of ether oxygens (including phenoxy) is 2. The Hall–Kier alpha value is -2.34. The van der Waals surface area contributed by atoms with Gasteiger partial charge in [-0.3, -0.25) is 0 Å². The molecule has 1 aromatic carbocycles. The van der Waals surface area contributed by atoms with E-state index in [0.717, 1.165) is 0 Å². The van der Waals surface area contributed by atoms with Crippen molar-refractivity contribution >= 4 is 25.8 Å². The molecule has 0 atom stereocenters. The molecule has 0 fully saturated rings. The van der Waals surface area contributed by atoms with Crippen LogP contribution < -0.4 is 4.43 Å². The van der Waals surface area contributed by atoms with Crippen molar-refractivity contribution in [1.29, 1.82) is 0 Å². The molecule has 0 saturated carbocycles. The van der Waals surface area contributed by atoms with E-state index in [9.17, 15) is 9.59 Å². The van der Waals surface area contributed by atoms with E-state index in [0.29, 0.717) is 16.9 Å². The fourth-order valence-corrected chi connectivity index (χ4v) is 2.88. The summed E-state index contributed by atoms with van der Waals surface area (Å²) in [5.41, 5.74) is 0.982. The highest BCUT2D eigenvalue weighted by atomic mass is 28.4. The number of rotatable bonds is 6. The molecule has 0 bridgehead atoms. The van der Waals surface area contributed by atoms with Gasteiger partial charge in [-0.2, -0.15) is 0 Å². The number of hydrogen-bond donors (Lipinski definition) is 0. The van der Waals surface area contributed by atoms with E-state index in [-0.39, 0.29) is 5.04 Å². The van der Waals surface area contributed by atoms with Gasteiger partial charge in [0, 0.05) is 6.08 Å². The van der Waals surface area contributed by atoms with Crippen LogP contribution in [-0.2, 0) is 19.1 Å². The quantitative estimate of drug-likeness (QED) is 0.319. The fourth-order valence-electron chi connectivity index (χ4n) is 1.86. The van der Waals surface area contributed by atoms with Gasteiger partial charge >= 0.3 is 11.9 Å². The van der Waals surface area contributed by atoms with Crippen LogP contribution in [0.25, 0.3) is 5.57 Å². The average Bonchev–Trinajstić information content (AvgIpc) is 2.56. The molecule has 0 amide bonds. The van der Waals surface area contributed by atoms with Crippen LogP contribution in [0.2, 0.25) is 18.1 Å². The van der Waals surface area contributed by atoms with Crippen LogP contribution in [0.5, 0.6) is 5.75 Å². The number of allylic oxidation sites excluding steroid dienone is 2. The van der Waals surface area contributed by atoms with E-state index in [1.165, 1.54) is 32.4 Å². The zero-order valence-electron chi connectivity index (χ0n) is 16.6. The first-order chi connectivity index (χ1) is 12.0. The third-order valence-corrected chi connectivity index (χ3v) is 8.78. The summed E-state index contributed by atoms with van der Waals surface area (Å²) in [6, 6.07) is 7.32. The minimum absolute atomic E-state index is 0.0628. The Labute approximate surface area is 156 Å². The summed E-state index contributed by atoms with van der Waals surface area (Å²) in [6.45, 7) is 10.8. The maximum atomic E-state index is 12.1. The first-order valence-corrected chi connectivity index (χ1v) is 11.3.